The zero-order valence-electron chi connectivity index (χ0n) is 15.3. The molecule has 0 spiro atoms. The molecule has 2 aliphatic heterocycles. The topological polar surface area (TPSA) is 44.0 Å². The van der Waals surface area contributed by atoms with Crippen LogP contribution in [0.4, 0.5) is 0 Å². The molecule has 26 heavy (non-hydrogen) atoms. The van der Waals surface area contributed by atoms with Gasteiger partial charge in [0.2, 0.25) is 0 Å². The Morgan fingerprint density at radius 2 is 1.46 bits per heavy atom. The maximum atomic E-state index is 13.6. The fourth-order valence-corrected chi connectivity index (χ4v) is 4.86. The van der Waals surface area contributed by atoms with Gasteiger partial charge in [0.1, 0.15) is 0 Å². The Morgan fingerprint density at radius 3 is 1.96 bits per heavy atom. The highest BCUT2D eigenvalue weighted by atomic mass is 16.2. The van der Waals surface area contributed by atoms with Gasteiger partial charge in [-0.2, -0.15) is 0 Å². The van der Waals surface area contributed by atoms with Crippen LogP contribution < -0.4 is 11.1 Å². The summed E-state index contributed by atoms with van der Waals surface area (Å²) < 4.78 is 3.50. The molecule has 4 heteroatoms. The first-order valence-corrected chi connectivity index (χ1v) is 9.30. The summed E-state index contributed by atoms with van der Waals surface area (Å²) in [7, 11) is 0. The molecule has 3 aromatic rings. The van der Waals surface area contributed by atoms with Gasteiger partial charge in [-0.25, -0.2) is 9.36 Å². The molecular weight excluding hydrogens is 324 g/mol. The highest BCUT2D eigenvalue weighted by Crippen LogP contribution is 2.46. The molecular formula is C22H22N2O2. The summed E-state index contributed by atoms with van der Waals surface area (Å²) >= 11 is 0. The van der Waals surface area contributed by atoms with E-state index < -0.39 is 11.1 Å². The maximum absolute atomic E-state index is 13.6. The molecule has 0 saturated heterocycles. The smallest absolute Gasteiger partial charge is 0.267 e. The fraction of sp³-hybridized carbons (Fsp3) is 0.364. The lowest BCUT2D eigenvalue weighted by atomic mass is 9.71. The molecule has 3 aliphatic rings. The number of aromatic nitrogens is 2. The first-order valence-electron chi connectivity index (χ1n) is 9.30. The van der Waals surface area contributed by atoms with E-state index in [0.717, 1.165) is 23.6 Å². The van der Waals surface area contributed by atoms with Crippen LogP contribution in [0.3, 0.4) is 0 Å². The average Bonchev–Trinajstić information content (AvgIpc) is 2.64. The van der Waals surface area contributed by atoms with Crippen molar-refractivity contribution in [2.24, 2.45) is 5.92 Å². The number of allylic oxidation sites excluding steroid dienone is 2. The summed E-state index contributed by atoms with van der Waals surface area (Å²) in [6, 6.07) is 11.6. The quantitative estimate of drug-likeness (QED) is 0.498. The molecule has 1 aromatic heterocycles. The van der Waals surface area contributed by atoms with Crippen molar-refractivity contribution >= 4 is 21.5 Å². The summed E-state index contributed by atoms with van der Waals surface area (Å²) in [6.07, 6.45) is 6.05. The van der Waals surface area contributed by atoms with E-state index in [1.807, 2.05) is 36.4 Å². The second kappa shape index (κ2) is 4.76. The Kier molecular flexibility index (Phi) is 2.86. The summed E-state index contributed by atoms with van der Waals surface area (Å²) in [4.78, 5) is 27.1. The zero-order chi connectivity index (χ0) is 18.3. The van der Waals surface area contributed by atoms with E-state index in [4.69, 9.17) is 0 Å². The first kappa shape index (κ1) is 15.6. The van der Waals surface area contributed by atoms with Crippen LogP contribution in [-0.2, 0) is 11.1 Å². The van der Waals surface area contributed by atoms with E-state index in [0.29, 0.717) is 10.8 Å². The summed E-state index contributed by atoms with van der Waals surface area (Å²) in [5.41, 5.74) is -0.989. The Labute approximate surface area is 151 Å². The van der Waals surface area contributed by atoms with Crippen molar-refractivity contribution < 1.29 is 0 Å². The van der Waals surface area contributed by atoms with Gasteiger partial charge >= 0.3 is 0 Å². The first-order chi connectivity index (χ1) is 12.4. The highest BCUT2D eigenvalue weighted by molar-refractivity contribution is 5.97. The fourth-order valence-electron chi connectivity index (χ4n) is 4.86. The zero-order valence-corrected chi connectivity index (χ0v) is 15.3. The highest BCUT2D eigenvalue weighted by Gasteiger charge is 2.49. The lowest BCUT2D eigenvalue weighted by Crippen LogP contribution is -2.63. The van der Waals surface area contributed by atoms with Gasteiger partial charge in [-0.3, -0.25) is 9.59 Å². The van der Waals surface area contributed by atoms with Crippen molar-refractivity contribution in [1.82, 2.24) is 9.36 Å². The molecule has 1 aliphatic carbocycles. The Hall–Kier alpha value is -2.62. The van der Waals surface area contributed by atoms with Crippen LogP contribution in [-0.4, -0.2) is 9.36 Å². The molecule has 3 heterocycles. The van der Waals surface area contributed by atoms with Gasteiger partial charge < -0.3 is 0 Å². The molecule has 0 radical (unpaired) electrons. The van der Waals surface area contributed by atoms with Gasteiger partial charge in [-0.15, -0.1) is 0 Å². The van der Waals surface area contributed by atoms with Crippen molar-refractivity contribution in [2.45, 2.75) is 44.7 Å². The normalized spacial score (nSPS) is 26.8. The van der Waals surface area contributed by atoms with Crippen LogP contribution in [0, 0.1) is 5.92 Å². The van der Waals surface area contributed by atoms with Gasteiger partial charge in [-0.1, -0.05) is 50.3 Å². The number of rotatable bonds is 1. The second-order valence-corrected chi connectivity index (χ2v) is 8.32. The molecule has 132 valence electrons. The molecule has 0 saturated carbocycles. The molecule has 2 atom stereocenters. The third-order valence-electron chi connectivity index (χ3n) is 6.57. The van der Waals surface area contributed by atoms with Crippen molar-refractivity contribution in [3.05, 3.63) is 69.3 Å². The summed E-state index contributed by atoms with van der Waals surface area (Å²) in [6.45, 7) is 6.31. The number of hydrogen-bond acceptors (Lipinski definition) is 2. The van der Waals surface area contributed by atoms with Crippen molar-refractivity contribution in [3.63, 3.8) is 0 Å². The third kappa shape index (κ3) is 1.70. The van der Waals surface area contributed by atoms with Gasteiger partial charge in [0.15, 0.2) is 0 Å². The molecule has 0 fully saturated rings. The Bertz CT molecular complexity index is 1230. The Morgan fingerprint density at radius 1 is 0.885 bits per heavy atom. The van der Waals surface area contributed by atoms with Crippen LogP contribution in [0.25, 0.3) is 21.5 Å². The minimum atomic E-state index is -0.438. The SMILES string of the molecule is CC(C)[C@]12C=C[C@](C)(CC1)n1c(=O)c3cc4ccccc4cc3c(=O)n12. The standard InChI is InChI=1S/C22H22N2O2/c1-14(2)22-10-8-21(3,9-11-22)23-19(25)17-12-15-6-4-5-7-16(15)13-18(17)20(26)24(22)23/h4-8,10,12-14H,9,11H2,1-3H3/t21-,22+/m1/s1. The molecule has 2 aromatic carbocycles. The van der Waals surface area contributed by atoms with Crippen LogP contribution in [0.1, 0.15) is 33.6 Å². The monoisotopic (exact) mass is 346 g/mol. The van der Waals surface area contributed by atoms with E-state index in [2.05, 4.69) is 32.9 Å². The molecule has 4 nitrogen and oxygen atoms in total. The van der Waals surface area contributed by atoms with Crippen LogP contribution >= 0.6 is 0 Å². The van der Waals surface area contributed by atoms with Gasteiger partial charge in [-0.05, 0) is 48.6 Å². The molecule has 6 rings (SSSR count). The molecule has 2 bridgehead atoms. The average molecular weight is 346 g/mol. The number of fused-ring (bicyclic) bond motifs is 3. The van der Waals surface area contributed by atoms with Crippen LogP contribution in [0.2, 0.25) is 0 Å². The lowest BCUT2D eigenvalue weighted by Gasteiger charge is -2.52. The van der Waals surface area contributed by atoms with Crippen molar-refractivity contribution in [2.75, 3.05) is 0 Å². The van der Waals surface area contributed by atoms with E-state index in [-0.39, 0.29) is 17.0 Å². The molecule has 0 unspecified atom stereocenters. The van der Waals surface area contributed by atoms with Crippen LogP contribution in [0.15, 0.2) is 58.1 Å². The maximum Gasteiger partial charge on any atom is 0.274 e. The van der Waals surface area contributed by atoms with Gasteiger partial charge in [0, 0.05) is 0 Å². The molecule has 0 amide bonds. The van der Waals surface area contributed by atoms with Crippen LogP contribution in [0.5, 0.6) is 0 Å². The van der Waals surface area contributed by atoms with Crippen molar-refractivity contribution in [3.8, 4) is 0 Å². The Balaban J connectivity index is 2.03. The number of hydrogen-bond donors (Lipinski definition) is 0. The molecule has 0 N–H and O–H groups in total. The second-order valence-electron chi connectivity index (χ2n) is 8.32. The van der Waals surface area contributed by atoms with E-state index >= 15 is 0 Å². The third-order valence-corrected chi connectivity index (χ3v) is 6.57. The lowest BCUT2D eigenvalue weighted by molar-refractivity contribution is 0.0593. The van der Waals surface area contributed by atoms with Gasteiger partial charge in [0.25, 0.3) is 11.1 Å². The minimum absolute atomic E-state index is 0.0608. The largest absolute Gasteiger partial charge is 0.274 e. The van der Waals surface area contributed by atoms with E-state index in [1.54, 1.807) is 9.36 Å². The summed E-state index contributed by atoms with van der Waals surface area (Å²) in [5.74, 6) is 0.227. The predicted molar refractivity (Wildman–Crippen MR) is 105 cm³/mol. The minimum Gasteiger partial charge on any atom is -0.267 e. The predicted octanol–water partition coefficient (Wildman–Crippen LogP) is 3.75. The number of nitrogens with zero attached hydrogens (tertiary/aromatic N) is 2. The van der Waals surface area contributed by atoms with Crippen molar-refractivity contribution in [1.29, 1.82) is 0 Å². The van der Waals surface area contributed by atoms with Gasteiger partial charge in [0.05, 0.1) is 21.9 Å². The van der Waals surface area contributed by atoms with E-state index in [9.17, 15) is 9.59 Å². The number of benzene rings is 2. The summed E-state index contributed by atoms with van der Waals surface area (Å²) in [5, 5.41) is 3.02. The van der Waals surface area contributed by atoms with E-state index in [1.165, 1.54) is 0 Å².